The van der Waals surface area contributed by atoms with Gasteiger partial charge in [-0.1, -0.05) is 18.2 Å². The SMILES string of the molecule is Cc1cnc(C)c(-c2ccc(F)c3c2O[C@H](CNC(=O)c2cc4ccccc4n2C)C3)n1. The quantitative estimate of drug-likeness (QED) is 0.529. The lowest BCUT2D eigenvalue weighted by Gasteiger charge is -2.14. The van der Waals surface area contributed by atoms with Crippen LogP contribution in [0.2, 0.25) is 0 Å². The van der Waals surface area contributed by atoms with Crippen LogP contribution in [0, 0.1) is 19.7 Å². The molecular weight excluding hydrogens is 407 g/mol. The van der Waals surface area contributed by atoms with Crippen molar-refractivity contribution in [2.75, 3.05) is 6.54 Å². The molecule has 0 saturated heterocycles. The maximum Gasteiger partial charge on any atom is 0.268 e. The third-order valence-electron chi connectivity index (χ3n) is 5.93. The number of nitrogens with zero attached hydrogens (tertiary/aromatic N) is 3. The van der Waals surface area contributed by atoms with Crippen LogP contribution < -0.4 is 10.1 Å². The molecule has 1 atom stereocenters. The van der Waals surface area contributed by atoms with Crippen molar-refractivity contribution in [1.29, 1.82) is 0 Å². The molecule has 5 rings (SSSR count). The van der Waals surface area contributed by atoms with Crippen molar-refractivity contribution in [2.24, 2.45) is 7.05 Å². The van der Waals surface area contributed by atoms with Crippen LogP contribution in [0.25, 0.3) is 22.2 Å². The zero-order valence-electron chi connectivity index (χ0n) is 18.1. The molecule has 0 unspecified atom stereocenters. The summed E-state index contributed by atoms with van der Waals surface area (Å²) in [4.78, 5) is 21.8. The topological polar surface area (TPSA) is 69.0 Å². The first-order chi connectivity index (χ1) is 15.4. The fourth-order valence-corrected chi connectivity index (χ4v) is 4.26. The highest BCUT2D eigenvalue weighted by Gasteiger charge is 2.30. The number of aryl methyl sites for hydroxylation is 3. The van der Waals surface area contributed by atoms with Crippen LogP contribution in [0.3, 0.4) is 0 Å². The van der Waals surface area contributed by atoms with Gasteiger partial charge in [0.15, 0.2) is 0 Å². The van der Waals surface area contributed by atoms with Gasteiger partial charge in [0.1, 0.15) is 23.4 Å². The zero-order chi connectivity index (χ0) is 22.4. The number of hydrogen-bond acceptors (Lipinski definition) is 4. The fraction of sp³-hybridized carbons (Fsp3) is 0.240. The molecule has 1 aliphatic rings. The summed E-state index contributed by atoms with van der Waals surface area (Å²) >= 11 is 0. The van der Waals surface area contributed by atoms with Crippen molar-refractivity contribution >= 4 is 16.8 Å². The Hall–Kier alpha value is -3.74. The molecule has 0 radical (unpaired) electrons. The molecule has 1 amide bonds. The Bertz CT molecular complexity index is 1360. The summed E-state index contributed by atoms with van der Waals surface area (Å²) in [5.41, 5.74) is 5.00. The number of para-hydroxylation sites is 1. The van der Waals surface area contributed by atoms with Gasteiger partial charge < -0.3 is 14.6 Å². The van der Waals surface area contributed by atoms with Crippen molar-refractivity contribution in [1.82, 2.24) is 19.9 Å². The van der Waals surface area contributed by atoms with Gasteiger partial charge in [-0.05, 0) is 38.1 Å². The first kappa shape index (κ1) is 20.2. The number of ether oxygens (including phenoxy) is 1. The van der Waals surface area contributed by atoms with E-state index in [1.165, 1.54) is 6.07 Å². The number of nitrogens with one attached hydrogen (secondary N) is 1. The van der Waals surface area contributed by atoms with Gasteiger partial charge in [-0.15, -0.1) is 0 Å². The van der Waals surface area contributed by atoms with E-state index in [1.807, 2.05) is 55.8 Å². The number of benzene rings is 2. The van der Waals surface area contributed by atoms with Crippen LogP contribution in [-0.2, 0) is 13.5 Å². The average molecular weight is 430 g/mol. The molecule has 1 aliphatic heterocycles. The number of carbonyl (C=O) groups is 1. The number of aromatic nitrogens is 3. The minimum atomic E-state index is -0.364. The molecular formula is C25H23FN4O2. The largest absolute Gasteiger partial charge is 0.487 e. The molecule has 0 bridgehead atoms. The van der Waals surface area contributed by atoms with E-state index in [1.54, 1.807) is 12.3 Å². The molecule has 1 N–H and O–H groups in total. The van der Waals surface area contributed by atoms with Crippen LogP contribution in [0.1, 0.15) is 27.4 Å². The molecule has 7 heteroatoms. The predicted octanol–water partition coefficient (Wildman–Crippen LogP) is 4.12. The Morgan fingerprint density at radius 1 is 1.25 bits per heavy atom. The molecule has 4 aromatic rings. The smallest absolute Gasteiger partial charge is 0.268 e. The van der Waals surface area contributed by atoms with Gasteiger partial charge in [-0.2, -0.15) is 0 Å². The molecule has 0 fully saturated rings. The molecule has 2 aromatic heterocycles. The van der Waals surface area contributed by atoms with Gasteiger partial charge in [0.25, 0.3) is 5.91 Å². The van der Waals surface area contributed by atoms with Gasteiger partial charge >= 0.3 is 0 Å². The van der Waals surface area contributed by atoms with Gasteiger partial charge in [0.2, 0.25) is 0 Å². The summed E-state index contributed by atoms with van der Waals surface area (Å²) in [7, 11) is 1.87. The summed E-state index contributed by atoms with van der Waals surface area (Å²) in [5, 5.41) is 3.95. The number of hydrogen-bond donors (Lipinski definition) is 1. The first-order valence-electron chi connectivity index (χ1n) is 10.5. The van der Waals surface area contributed by atoms with E-state index in [-0.39, 0.29) is 24.4 Å². The summed E-state index contributed by atoms with van der Waals surface area (Å²) in [6, 6.07) is 12.8. The second kappa shape index (κ2) is 7.75. The summed E-state index contributed by atoms with van der Waals surface area (Å²) in [6.07, 6.45) is 1.72. The molecule has 32 heavy (non-hydrogen) atoms. The van der Waals surface area contributed by atoms with Crippen LogP contribution in [0.5, 0.6) is 5.75 Å². The third-order valence-corrected chi connectivity index (χ3v) is 5.93. The summed E-state index contributed by atoms with van der Waals surface area (Å²) in [6.45, 7) is 4.01. The standard InChI is InChI=1S/C25H23FN4O2/c1-14-12-27-15(2)23(29-14)18-8-9-20(26)19-11-17(32-24(18)19)13-28-25(31)22-10-16-6-4-5-7-21(16)30(22)3/h4-10,12,17H,11,13H2,1-3H3,(H,28,31)/t17-/m0/s1. The van der Waals surface area contributed by atoms with E-state index in [2.05, 4.69) is 15.3 Å². The van der Waals surface area contributed by atoms with E-state index in [9.17, 15) is 9.18 Å². The van der Waals surface area contributed by atoms with Crippen molar-refractivity contribution in [3.63, 3.8) is 0 Å². The molecule has 3 heterocycles. The van der Waals surface area contributed by atoms with Crippen LogP contribution in [0.15, 0.2) is 48.7 Å². The Labute approximate surface area is 185 Å². The molecule has 162 valence electrons. The van der Waals surface area contributed by atoms with E-state index in [4.69, 9.17) is 4.74 Å². The number of halogens is 1. The highest BCUT2D eigenvalue weighted by atomic mass is 19.1. The molecule has 0 saturated carbocycles. The molecule has 0 spiro atoms. The van der Waals surface area contributed by atoms with E-state index < -0.39 is 0 Å². The van der Waals surface area contributed by atoms with Crippen molar-refractivity contribution in [2.45, 2.75) is 26.4 Å². The zero-order valence-corrected chi connectivity index (χ0v) is 18.1. The Morgan fingerprint density at radius 3 is 2.88 bits per heavy atom. The highest BCUT2D eigenvalue weighted by Crippen LogP contribution is 2.40. The highest BCUT2D eigenvalue weighted by molar-refractivity contribution is 5.98. The van der Waals surface area contributed by atoms with Gasteiger partial charge in [-0.3, -0.25) is 9.78 Å². The molecule has 0 aliphatic carbocycles. The van der Waals surface area contributed by atoms with Crippen LogP contribution in [0.4, 0.5) is 4.39 Å². The Kier molecular flexibility index (Phi) is 4.89. The maximum atomic E-state index is 14.6. The Balaban J connectivity index is 1.36. The van der Waals surface area contributed by atoms with E-state index in [0.29, 0.717) is 29.1 Å². The average Bonchev–Trinajstić information content (AvgIpc) is 3.37. The van der Waals surface area contributed by atoms with Crippen LogP contribution >= 0.6 is 0 Å². The minimum absolute atomic E-state index is 0.190. The lowest BCUT2D eigenvalue weighted by atomic mass is 10.0. The van der Waals surface area contributed by atoms with E-state index >= 15 is 0 Å². The first-order valence-corrected chi connectivity index (χ1v) is 10.5. The van der Waals surface area contributed by atoms with Crippen molar-refractivity contribution in [3.05, 3.63) is 77.1 Å². The molecule has 2 aromatic carbocycles. The monoisotopic (exact) mass is 430 g/mol. The Morgan fingerprint density at radius 2 is 2.06 bits per heavy atom. The van der Waals surface area contributed by atoms with E-state index in [0.717, 1.165) is 27.9 Å². The van der Waals surface area contributed by atoms with Gasteiger partial charge in [0, 0.05) is 41.7 Å². The second-order valence-corrected chi connectivity index (χ2v) is 8.15. The number of fused-ring (bicyclic) bond motifs is 2. The number of rotatable bonds is 4. The van der Waals surface area contributed by atoms with Gasteiger partial charge in [-0.25, -0.2) is 9.37 Å². The third kappa shape index (κ3) is 3.39. The maximum absolute atomic E-state index is 14.6. The van der Waals surface area contributed by atoms with Crippen molar-refractivity contribution in [3.8, 4) is 17.0 Å². The normalized spacial score (nSPS) is 14.9. The van der Waals surface area contributed by atoms with Crippen LogP contribution in [-0.4, -0.2) is 33.1 Å². The predicted molar refractivity (Wildman–Crippen MR) is 120 cm³/mol. The number of amides is 1. The molecule has 6 nitrogen and oxygen atoms in total. The summed E-state index contributed by atoms with van der Waals surface area (Å²) in [5.74, 6) is -0.0225. The lowest BCUT2D eigenvalue weighted by Crippen LogP contribution is -2.35. The van der Waals surface area contributed by atoms with Gasteiger partial charge in [0.05, 0.1) is 23.6 Å². The van der Waals surface area contributed by atoms with Crippen molar-refractivity contribution < 1.29 is 13.9 Å². The fourth-order valence-electron chi connectivity index (χ4n) is 4.26. The summed E-state index contributed by atoms with van der Waals surface area (Å²) < 4.78 is 22.5. The lowest BCUT2D eigenvalue weighted by molar-refractivity contribution is 0.0926. The number of carbonyl (C=O) groups excluding carboxylic acids is 1. The second-order valence-electron chi connectivity index (χ2n) is 8.15. The minimum Gasteiger partial charge on any atom is -0.487 e.